The van der Waals surface area contributed by atoms with E-state index in [0.29, 0.717) is 19.2 Å². The monoisotopic (exact) mass is 241 g/mol. The Morgan fingerprint density at radius 3 is 2.35 bits per heavy atom. The summed E-state index contributed by atoms with van der Waals surface area (Å²) >= 11 is 0. The van der Waals surface area contributed by atoms with Gasteiger partial charge in [0.2, 0.25) is 0 Å². The molecule has 0 unspecified atom stereocenters. The number of carbonyl (C=O) groups excluding carboxylic acids is 2. The van der Waals surface area contributed by atoms with E-state index >= 15 is 0 Å². The van der Waals surface area contributed by atoms with E-state index in [0.717, 1.165) is 6.07 Å². The van der Waals surface area contributed by atoms with Gasteiger partial charge in [0.25, 0.3) is 5.91 Å². The van der Waals surface area contributed by atoms with E-state index < -0.39 is 23.1 Å². The highest BCUT2D eigenvalue weighted by atomic mass is 19.1. The molecule has 1 rings (SSSR count). The molecule has 0 heterocycles. The Hall–Kier alpha value is -1.78. The van der Waals surface area contributed by atoms with E-state index in [2.05, 4.69) is 0 Å². The molecule has 1 aromatic rings. The van der Waals surface area contributed by atoms with Crippen molar-refractivity contribution in [2.75, 3.05) is 13.1 Å². The van der Waals surface area contributed by atoms with Crippen LogP contribution in [0.25, 0.3) is 0 Å². The van der Waals surface area contributed by atoms with E-state index in [1.807, 2.05) is 0 Å². The average molecular weight is 241 g/mol. The van der Waals surface area contributed by atoms with Gasteiger partial charge in [-0.3, -0.25) is 9.59 Å². The Labute approximate surface area is 98.0 Å². The summed E-state index contributed by atoms with van der Waals surface area (Å²) in [6.07, 6.45) is 0.228. The number of amides is 1. The summed E-state index contributed by atoms with van der Waals surface area (Å²) in [5.41, 5.74) is -0.635. The standard InChI is InChI=1S/C12H13F2NO2/c1-3-15(4-2)12(17)9-5-8(13)6-11(14)10(9)7-16/h5-7H,3-4H2,1-2H3. The SMILES string of the molecule is CCN(CC)C(=O)c1cc(F)cc(F)c1C=O. The van der Waals surface area contributed by atoms with Crippen molar-refractivity contribution in [3.63, 3.8) is 0 Å². The van der Waals surface area contributed by atoms with E-state index in [1.54, 1.807) is 13.8 Å². The zero-order valence-electron chi connectivity index (χ0n) is 9.67. The van der Waals surface area contributed by atoms with Crippen molar-refractivity contribution in [2.45, 2.75) is 13.8 Å². The molecule has 92 valence electrons. The fourth-order valence-corrected chi connectivity index (χ4v) is 1.56. The van der Waals surface area contributed by atoms with Crippen LogP contribution in [0.15, 0.2) is 12.1 Å². The maximum Gasteiger partial charge on any atom is 0.254 e. The number of carbonyl (C=O) groups is 2. The second kappa shape index (κ2) is 5.52. The summed E-state index contributed by atoms with van der Waals surface area (Å²) in [6, 6.07) is 1.47. The summed E-state index contributed by atoms with van der Waals surface area (Å²) in [5, 5.41) is 0. The predicted octanol–water partition coefficient (Wildman–Crippen LogP) is 2.26. The first kappa shape index (κ1) is 13.3. The Bertz CT molecular complexity index is 442. The summed E-state index contributed by atoms with van der Waals surface area (Å²) in [6.45, 7) is 4.31. The van der Waals surface area contributed by atoms with Crippen LogP contribution in [0.3, 0.4) is 0 Å². The van der Waals surface area contributed by atoms with Gasteiger partial charge >= 0.3 is 0 Å². The minimum atomic E-state index is -1.02. The molecule has 5 heteroatoms. The lowest BCUT2D eigenvalue weighted by Gasteiger charge is -2.19. The second-order valence-corrected chi connectivity index (χ2v) is 3.44. The van der Waals surface area contributed by atoms with Gasteiger partial charge in [-0.25, -0.2) is 8.78 Å². The zero-order chi connectivity index (χ0) is 13.0. The Balaban J connectivity index is 3.29. The molecular formula is C12H13F2NO2. The molecule has 0 aliphatic carbocycles. The van der Waals surface area contributed by atoms with Crippen molar-refractivity contribution in [3.8, 4) is 0 Å². The Morgan fingerprint density at radius 2 is 1.88 bits per heavy atom. The predicted molar refractivity (Wildman–Crippen MR) is 59.0 cm³/mol. The highest BCUT2D eigenvalue weighted by Crippen LogP contribution is 2.16. The lowest BCUT2D eigenvalue weighted by Crippen LogP contribution is -2.31. The fraction of sp³-hybridized carbons (Fsp3) is 0.333. The molecular weight excluding hydrogens is 228 g/mol. The summed E-state index contributed by atoms with van der Waals surface area (Å²) in [7, 11) is 0. The maximum atomic E-state index is 13.3. The number of hydrogen-bond donors (Lipinski definition) is 0. The van der Waals surface area contributed by atoms with E-state index in [1.165, 1.54) is 4.90 Å². The first-order valence-corrected chi connectivity index (χ1v) is 5.28. The molecule has 0 spiro atoms. The zero-order valence-corrected chi connectivity index (χ0v) is 9.67. The highest BCUT2D eigenvalue weighted by molar-refractivity contribution is 6.01. The molecule has 0 radical (unpaired) electrons. The van der Waals surface area contributed by atoms with E-state index in [-0.39, 0.29) is 11.8 Å². The van der Waals surface area contributed by atoms with Crippen LogP contribution >= 0.6 is 0 Å². The van der Waals surface area contributed by atoms with Crippen molar-refractivity contribution in [1.82, 2.24) is 4.90 Å². The summed E-state index contributed by atoms with van der Waals surface area (Å²) in [4.78, 5) is 24.0. The van der Waals surface area contributed by atoms with Crippen LogP contribution < -0.4 is 0 Å². The Kier molecular flexibility index (Phi) is 4.31. The first-order valence-electron chi connectivity index (χ1n) is 5.28. The minimum absolute atomic E-state index is 0.228. The first-order chi connectivity index (χ1) is 8.04. The van der Waals surface area contributed by atoms with Crippen LogP contribution in [0, 0.1) is 11.6 Å². The lowest BCUT2D eigenvalue weighted by molar-refractivity contribution is 0.0768. The smallest absolute Gasteiger partial charge is 0.254 e. The third kappa shape index (κ3) is 2.67. The van der Waals surface area contributed by atoms with Crippen LogP contribution in [-0.2, 0) is 0 Å². The van der Waals surface area contributed by atoms with Gasteiger partial charge in [0.1, 0.15) is 11.6 Å². The quantitative estimate of drug-likeness (QED) is 0.758. The average Bonchev–Trinajstić information content (AvgIpc) is 2.29. The lowest BCUT2D eigenvalue weighted by atomic mass is 10.1. The van der Waals surface area contributed by atoms with Crippen molar-refractivity contribution < 1.29 is 18.4 Å². The van der Waals surface area contributed by atoms with Crippen molar-refractivity contribution in [1.29, 1.82) is 0 Å². The van der Waals surface area contributed by atoms with Crippen LogP contribution in [0.5, 0.6) is 0 Å². The molecule has 1 aromatic carbocycles. The molecule has 0 aliphatic rings. The van der Waals surface area contributed by atoms with Crippen molar-refractivity contribution in [2.24, 2.45) is 0 Å². The highest BCUT2D eigenvalue weighted by Gasteiger charge is 2.20. The summed E-state index contributed by atoms with van der Waals surface area (Å²) < 4.78 is 26.4. The summed E-state index contributed by atoms with van der Waals surface area (Å²) in [5.74, 6) is -2.44. The van der Waals surface area contributed by atoms with Crippen LogP contribution in [0.4, 0.5) is 8.78 Å². The molecule has 0 aromatic heterocycles. The molecule has 0 aliphatic heterocycles. The van der Waals surface area contributed by atoms with E-state index in [9.17, 15) is 18.4 Å². The topological polar surface area (TPSA) is 37.4 Å². The molecule has 17 heavy (non-hydrogen) atoms. The fourth-order valence-electron chi connectivity index (χ4n) is 1.56. The third-order valence-corrected chi connectivity index (χ3v) is 2.49. The molecule has 0 N–H and O–H groups in total. The Morgan fingerprint density at radius 1 is 1.29 bits per heavy atom. The van der Waals surface area contributed by atoms with Gasteiger partial charge in [0, 0.05) is 19.2 Å². The molecule has 0 atom stereocenters. The van der Waals surface area contributed by atoms with Crippen LogP contribution in [0.2, 0.25) is 0 Å². The number of hydrogen-bond acceptors (Lipinski definition) is 2. The molecule has 0 fully saturated rings. The van der Waals surface area contributed by atoms with Gasteiger partial charge < -0.3 is 4.90 Å². The van der Waals surface area contributed by atoms with Crippen molar-refractivity contribution in [3.05, 3.63) is 34.9 Å². The van der Waals surface area contributed by atoms with Gasteiger partial charge in [-0.1, -0.05) is 0 Å². The van der Waals surface area contributed by atoms with Crippen LogP contribution in [-0.4, -0.2) is 30.2 Å². The van der Waals surface area contributed by atoms with Crippen LogP contribution in [0.1, 0.15) is 34.6 Å². The minimum Gasteiger partial charge on any atom is -0.339 e. The number of aldehydes is 1. The van der Waals surface area contributed by atoms with Crippen molar-refractivity contribution >= 4 is 12.2 Å². The van der Waals surface area contributed by atoms with Gasteiger partial charge in [-0.15, -0.1) is 0 Å². The second-order valence-electron chi connectivity index (χ2n) is 3.44. The number of benzene rings is 1. The largest absolute Gasteiger partial charge is 0.339 e. The van der Waals surface area contributed by atoms with Gasteiger partial charge in [0.15, 0.2) is 6.29 Å². The van der Waals surface area contributed by atoms with Gasteiger partial charge in [-0.05, 0) is 19.9 Å². The number of halogens is 2. The van der Waals surface area contributed by atoms with Gasteiger partial charge in [0.05, 0.1) is 11.1 Å². The number of nitrogens with zero attached hydrogens (tertiary/aromatic N) is 1. The normalized spacial score (nSPS) is 10.1. The van der Waals surface area contributed by atoms with Gasteiger partial charge in [-0.2, -0.15) is 0 Å². The maximum absolute atomic E-state index is 13.3. The molecule has 0 saturated heterocycles. The molecule has 0 bridgehead atoms. The molecule has 0 saturated carbocycles. The molecule has 3 nitrogen and oxygen atoms in total. The number of rotatable bonds is 4. The third-order valence-electron chi connectivity index (χ3n) is 2.49. The molecule has 1 amide bonds. The van der Waals surface area contributed by atoms with E-state index in [4.69, 9.17) is 0 Å².